The smallest absolute Gasteiger partial charge is 0.312 e. The lowest BCUT2D eigenvalue weighted by Crippen LogP contribution is -2.52. The van der Waals surface area contributed by atoms with E-state index >= 15 is 0 Å². The highest BCUT2D eigenvalue weighted by Gasteiger charge is 2.78. The topological polar surface area (TPSA) is 150 Å². The second-order valence-electron chi connectivity index (χ2n) is 15.1. The van der Waals surface area contributed by atoms with Crippen LogP contribution in [0, 0.1) is 5.92 Å². The van der Waals surface area contributed by atoms with Gasteiger partial charge in [-0.3, -0.25) is 4.79 Å². The van der Waals surface area contributed by atoms with Gasteiger partial charge in [0.1, 0.15) is 41.3 Å². The average molecular weight is 835 g/mol. The summed E-state index contributed by atoms with van der Waals surface area (Å²) in [6, 6.07) is 38.9. The summed E-state index contributed by atoms with van der Waals surface area (Å²) in [5.41, 5.74) is -0.816. The number of ether oxygens (including phenoxy) is 10. The van der Waals surface area contributed by atoms with Crippen molar-refractivity contribution in [3.63, 3.8) is 0 Å². The number of hydrogen-bond acceptors (Lipinski definition) is 13. The van der Waals surface area contributed by atoms with Gasteiger partial charge in [0.2, 0.25) is 6.29 Å². The van der Waals surface area contributed by atoms with Gasteiger partial charge in [-0.1, -0.05) is 103 Å². The van der Waals surface area contributed by atoms with Crippen LogP contribution in [0.3, 0.4) is 0 Å². The van der Waals surface area contributed by atoms with Gasteiger partial charge in [-0.15, -0.1) is 0 Å². The van der Waals surface area contributed by atoms with Crippen LogP contribution in [0.25, 0.3) is 0 Å². The van der Waals surface area contributed by atoms with Gasteiger partial charge in [0.25, 0.3) is 6.29 Å². The first-order chi connectivity index (χ1) is 29.7. The first-order valence-corrected chi connectivity index (χ1v) is 20.1. The van der Waals surface area contributed by atoms with Crippen molar-refractivity contribution in [1.82, 2.24) is 0 Å². The van der Waals surface area contributed by atoms with Crippen LogP contribution in [0.15, 0.2) is 127 Å². The highest BCUT2D eigenvalue weighted by Crippen LogP contribution is 2.70. The third-order valence-corrected chi connectivity index (χ3v) is 11.7. The molecule has 2 heterocycles. The third-order valence-electron chi connectivity index (χ3n) is 11.7. The lowest BCUT2D eigenvalue weighted by atomic mass is 9.70. The molecule has 13 heteroatoms. The largest absolute Gasteiger partial charge is 0.497 e. The maximum atomic E-state index is 13.7. The fourth-order valence-electron chi connectivity index (χ4n) is 8.89. The maximum absolute atomic E-state index is 13.7. The summed E-state index contributed by atoms with van der Waals surface area (Å²) in [5.74, 6) is -1.87. The first kappa shape index (κ1) is 42.2. The zero-order valence-corrected chi connectivity index (χ0v) is 34.4. The number of fused-ring (bicyclic) bond motifs is 3. The number of aliphatic hydroxyl groups excluding tert-OH is 1. The fraction of sp³-hybridized carbons (Fsp3) is 0.354. The summed E-state index contributed by atoms with van der Waals surface area (Å²) in [6.45, 7) is 1.01. The molecule has 1 aliphatic carbocycles. The van der Waals surface area contributed by atoms with E-state index in [-0.39, 0.29) is 36.0 Å². The van der Waals surface area contributed by atoms with E-state index in [1.807, 2.05) is 91.0 Å². The van der Waals surface area contributed by atoms with Crippen molar-refractivity contribution < 1.29 is 62.4 Å². The number of esters is 1. The van der Waals surface area contributed by atoms with Crippen molar-refractivity contribution in [3.8, 4) is 23.0 Å². The highest BCUT2D eigenvalue weighted by atomic mass is 16.8. The number of hydrogen-bond donors (Lipinski definition) is 2. The second kappa shape index (κ2) is 18.2. The molecule has 13 nitrogen and oxygen atoms in total. The molecule has 1 saturated carbocycles. The highest BCUT2D eigenvalue weighted by molar-refractivity contribution is 5.78. The molecular weight excluding hydrogens is 785 g/mol. The summed E-state index contributed by atoms with van der Waals surface area (Å²) >= 11 is 0. The van der Waals surface area contributed by atoms with Crippen molar-refractivity contribution in [2.24, 2.45) is 5.92 Å². The van der Waals surface area contributed by atoms with E-state index in [1.165, 1.54) is 21.3 Å². The second-order valence-corrected chi connectivity index (χ2v) is 15.1. The van der Waals surface area contributed by atoms with Crippen LogP contribution in [0.4, 0.5) is 0 Å². The van der Waals surface area contributed by atoms with Crippen LogP contribution in [0.1, 0.15) is 33.7 Å². The Morgan fingerprint density at radius 3 is 2.07 bits per heavy atom. The number of benzene rings is 5. The molecule has 2 N–H and O–H groups in total. The molecule has 5 aromatic rings. The van der Waals surface area contributed by atoms with Crippen molar-refractivity contribution in [2.45, 2.75) is 61.2 Å². The van der Waals surface area contributed by atoms with Crippen LogP contribution in [0.5, 0.6) is 23.0 Å². The summed E-state index contributed by atoms with van der Waals surface area (Å²) in [6.07, 6.45) is -4.99. The van der Waals surface area contributed by atoms with Gasteiger partial charge in [-0.2, -0.15) is 0 Å². The molecule has 0 amide bonds. The summed E-state index contributed by atoms with van der Waals surface area (Å²) in [5, 5.41) is 25.6. The van der Waals surface area contributed by atoms with Crippen LogP contribution in [0.2, 0.25) is 0 Å². The average Bonchev–Trinajstić information content (AvgIpc) is 3.69. The Hall–Kier alpha value is -5.51. The van der Waals surface area contributed by atoms with Crippen LogP contribution >= 0.6 is 0 Å². The van der Waals surface area contributed by atoms with Gasteiger partial charge in [0.15, 0.2) is 11.2 Å². The lowest BCUT2D eigenvalue weighted by molar-refractivity contribution is -0.327. The predicted octanol–water partition coefficient (Wildman–Crippen LogP) is 6.02. The van der Waals surface area contributed by atoms with Gasteiger partial charge in [-0.25, -0.2) is 0 Å². The Bertz CT molecular complexity index is 2220. The van der Waals surface area contributed by atoms with E-state index in [1.54, 1.807) is 43.5 Å². The van der Waals surface area contributed by atoms with Gasteiger partial charge in [-0.05, 0) is 34.4 Å². The lowest BCUT2D eigenvalue weighted by Gasteiger charge is -2.40. The zero-order valence-electron chi connectivity index (χ0n) is 34.4. The van der Waals surface area contributed by atoms with E-state index in [0.29, 0.717) is 30.1 Å². The molecular formula is C48H50O13. The Kier molecular flexibility index (Phi) is 12.6. The van der Waals surface area contributed by atoms with E-state index in [0.717, 1.165) is 11.1 Å². The molecule has 2 fully saturated rings. The zero-order chi connectivity index (χ0) is 42.6. The SMILES string of the molecule is COC(=O)C1C(O)[C@@]2(O)c3c(OC)cc(OC4OC(C(COCc5ccccc5)OCc5ccccc5)COC4OC)cc3O[C@@]2(c2ccc(OC)cc2)C1c1ccccc1. The molecule has 0 aromatic heterocycles. The summed E-state index contributed by atoms with van der Waals surface area (Å²) in [7, 11) is 5.72. The number of aliphatic hydroxyl groups is 2. The molecule has 2 aliphatic heterocycles. The quantitative estimate of drug-likeness (QED) is 0.112. The molecule has 8 rings (SSSR count). The van der Waals surface area contributed by atoms with E-state index in [9.17, 15) is 15.0 Å². The predicted molar refractivity (Wildman–Crippen MR) is 220 cm³/mol. The minimum atomic E-state index is -2.26. The first-order valence-electron chi connectivity index (χ1n) is 20.1. The normalized spacial score (nSPS) is 27.0. The van der Waals surface area contributed by atoms with Gasteiger partial charge in [0, 0.05) is 25.2 Å². The molecule has 9 atom stereocenters. The van der Waals surface area contributed by atoms with Crippen molar-refractivity contribution >= 4 is 5.97 Å². The molecule has 0 radical (unpaired) electrons. The summed E-state index contributed by atoms with van der Waals surface area (Å²) in [4.78, 5) is 13.7. The molecule has 3 aliphatic rings. The van der Waals surface area contributed by atoms with Gasteiger partial charge < -0.3 is 57.6 Å². The molecule has 0 bridgehead atoms. The minimum Gasteiger partial charge on any atom is -0.497 e. The van der Waals surface area contributed by atoms with E-state index in [2.05, 4.69) is 0 Å². The van der Waals surface area contributed by atoms with Crippen LogP contribution < -0.4 is 18.9 Å². The van der Waals surface area contributed by atoms with Gasteiger partial charge in [0.05, 0.1) is 59.2 Å². The number of carbonyl (C=O) groups excluding carboxylic acids is 1. The van der Waals surface area contributed by atoms with Crippen molar-refractivity contribution in [2.75, 3.05) is 41.7 Å². The van der Waals surface area contributed by atoms with E-state index < -0.39 is 59.9 Å². The molecule has 5 aromatic carbocycles. The number of rotatable bonds is 16. The van der Waals surface area contributed by atoms with Crippen LogP contribution in [-0.4, -0.2) is 88.7 Å². The standard InChI is InChI=1S/C48H50O13/c1-52-34-22-20-33(21-23-34)48-41(32-18-12-7-13-19-32)40(44(50)54-3)43(49)47(48,51)42-36(53-2)24-35(25-37(42)61-48)59-46-45(55-4)58-29-39(60-46)38(57-27-31-16-10-6-11-17-31)28-56-26-30-14-8-5-9-15-30/h5-25,38-41,43,45-46,49,51H,26-29H2,1-4H3/t38?,39?,40?,41?,43?,45?,46?,47-,48-/m0/s1. The molecule has 7 unspecified atom stereocenters. The monoisotopic (exact) mass is 834 g/mol. The molecule has 1 saturated heterocycles. The number of methoxy groups -OCH3 is 4. The van der Waals surface area contributed by atoms with Gasteiger partial charge >= 0.3 is 5.97 Å². The van der Waals surface area contributed by atoms with E-state index in [4.69, 9.17) is 47.4 Å². The molecule has 0 spiro atoms. The molecule has 320 valence electrons. The third kappa shape index (κ3) is 7.83. The Labute approximate surface area is 354 Å². The fourth-order valence-corrected chi connectivity index (χ4v) is 8.89. The Morgan fingerprint density at radius 2 is 1.44 bits per heavy atom. The Morgan fingerprint density at radius 1 is 0.787 bits per heavy atom. The maximum Gasteiger partial charge on any atom is 0.312 e. The van der Waals surface area contributed by atoms with Crippen molar-refractivity contribution in [3.05, 3.63) is 155 Å². The van der Waals surface area contributed by atoms with Crippen LogP contribution in [-0.2, 0) is 57.6 Å². The van der Waals surface area contributed by atoms with Crippen molar-refractivity contribution in [1.29, 1.82) is 0 Å². The minimum absolute atomic E-state index is 0.126. The number of carbonyl (C=O) groups is 1. The molecule has 61 heavy (non-hydrogen) atoms. The summed E-state index contributed by atoms with van der Waals surface area (Å²) < 4.78 is 61.2. The Balaban J connectivity index is 1.14.